The third kappa shape index (κ3) is 3.71. The number of nitrogens with one attached hydrogen (secondary N) is 2. The molecular weight excluding hydrogens is 441 g/mol. The number of rotatable bonds is 3. The van der Waals surface area contributed by atoms with E-state index < -0.39 is 0 Å². The van der Waals surface area contributed by atoms with Crippen LogP contribution in [0, 0.1) is 0 Å². The fourth-order valence-corrected chi connectivity index (χ4v) is 3.69. The first-order chi connectivity index (χ1) is 11.1. The van der Waals surface area contributed by atoms with Crippen molar-refractivity contribution in [3.05, 3.63) is 29.0 Å². The maximum absolute atomic E-state index is 11.7. The standard InChI is InChI=1S/C14H11AsBrN5OS/c1-2-17-13(22)21-14-20-10-4-8(16)3-9(11(10)23-14)7-5-18-12(15)19-6-7/h3-6H,2H2,1H3,(H2,17,20,21,22). The van der Waals surface area contributed by atoms with E-state index in [4.69, 9.17) is 0 Å². The first-order valence-electron chi connectivity index (χ1n) is 6.73. The van der Waals surface area contributed by atoms with Crippen molar-refractivity contribution in [1.82, 2.24) is 20.3 Å². The van der Waals surface area contributed by atoms with Gasteiger partial charge in [0.1, 0.15) is 0 Å². The molecule has 0 saturated heterocycles. The molecular formula is C14H11AsBrN5OS. The van der Waals surface area contributed by atoms with Crippen LogP contribution < -0.4 is 15.2 Å². The summed E-state index contributed by atoms with van der Waals surface area (Å²) in [6.45, 7) is 2.43. The van der Waals surface area contributed by atoms with E-state index in [0.717, 1.165) is 25.8 Å². The van der Waals surface area contributed by atoms with Crippen molar-refractivity contribution in [2.24, 2.45) is 0 Å². The number of aromatic nitrogens is 3. The van der Waals surface area contributed by atoms with E-state index in [-0.39, 0.29) is 6.03 Å². The van der Waals surface area contributed by atoms with Crippen LogP contribution in [0.5, 0.6) is 0 Å². The summed E-state index contributed by atoms with van der Waals surface area (Å²) in [5.41, 5.74) is 2.69. The molecule has 2 radical (unpaired) electrons. The minimum atomic E-state index is -0.261. The molecule has 0 unspecified atom stereocenters. The van der Waals surface area contributed by atoms with Crippen molar-refractivity contribution in [3.63, 3.8) is 0 Å². The SMILES string of the molecule is CCNC(=O)Nc1nc2cc(Br)cc(-c3cnc([As])nc3)c2s1. The first-order valence-corrected chi connectivity index (χ1v) is 9.28. The molecule has 6 nitrogen and oxygen atoms in total. The summed E-state index contributed by atoms with van der Waals surface area (Å²) >= 11 is 7.23. The van der Waals surface area contributed by atoms with Crippen LogP contribution in [-0.4, -0.2) is 44.4 Å². The molecule has 23 heavy (non-hydrogen) atoms. The molecule has 0 fully saturated rings. The van der Waals surface area contributed by atoms with Gasteiger partial charge in [0.15, 0.2) is 0 Å². The number of nitrogens with zero attached hydrogens (tertiary/aromatic N) is 3. The third-order valence-corrected chi connectivity index (χ3v) is 4.92. The molecule has 0 aliphatic heterocycles. The number of thiazole rings is 1. The average Bonchev–Trinajstić information content (AvgIpc) is 2.89. The van der Waals surface area contributed by atoms with Gasteiger partial charge in [0.25, 0.3) is 0 Å². The van der Waals surface area contributed by atoms with Gasteiger partial charge in [-0.1, -0.05) is 0 Å². The van der Waals surface area contributed by atoms with E-state index in [2.05, 4.69) is 58.4 Å². The van der Waals surface area contributed by atoms with E-state index in [1.54, 1.807) is 12.4 Å². The molecule has 2 N–H and O–H groups in total. The second-order valence-corrected chi connectivity index (χ2v) is 7.33. The number of carbonyl (C=O) groups is 1. The van der Waals surface area contributed by atoms with Gasteiger partial charge in [-0.15, -0.1) is 0 Å². The second kappa shape index (κ2) is 6.94. The van der Waals surface area contributed by atoms with E-state index in [1.807, 2.05) is 19.1 Å². The fraction of sp³-hybridized carbons (Fsp3) is 0.143. The Balaban J connectivity index is 2.05. The van der Waals surface area contributed by atoms with Crippen LogP contribution in [-0.2, 0) is 0 Å². The molecule has 3 rings (SSSR count). The van der Waals surface area contributed by atoms with Gasteiger partial charge in [-0.3, -0.25) is 0 Å². The number of urea groups is 1. The molecule has 2 heterocycles. The number of carbonyl (C=O) groups excluding carboxylic acids is 1. The molecule has 2 amide bonds. The molecule has 116 valence electrons. The minimum absolute atomic E-state index is 0.261. The molecule has 0 spiro atoms. The maximum atomic E-state index is 11.7. The molecule has 9 heteroatoms. The van der Waals surface area contributed by atoms with Gasteiger partial charge < -0.3 is 0 Å². The van der Waals surface area contributed by atoms with Gasteiger partial charge >= 0.3 is 147 Å². The van der Waals surface area contributed by atoms with E-state index in [9.17, 15) is 4.79 Å². The molecule has 2 aromatic heterocycles. The van der Waals surface area contributed by atoms with Crippen molar-refractivity contribution in [2.75, 3.05) is 11.9 Å². The average molecular weight is 452 g/mol. The van der Waals surface area contributed by atoms with E-state index in [1.165, 1.54) is 11.3 Å². The van der Waals surface area contributed by atoms with Crippen LogP contribution in [0.4, 0.5) is 9.93 Å². The number of fused-ring (bicyclic) bond motifs is 1. The third-order valence-electron chi connectivity index (χ3n) is 2.96. The van der Waals surface area contributed by atoms with Gasteiger partial charge in [0.2, 0.25) is 0 Å². The van der Waals surface area contributed by atoms with Crippen molar-refractivity contribution in [2.45, 2.75) is 6.92 Å². The normalized spacial score (nSPS) is 10.7. The predicted molar refractivity (Wildman–Crippen MR) is 96.4 cm³/mol. The van der Waals surface area contributed by atoms with Gasteiger partial charge in [0.05, 0.1) is 0 Å². The number of hydrogen-bond acceptors (Lipinski definition) is 5. The molecule has 3 aromatic rings. The topological polar surface area (TPSA) is 79.8 Å². The summed E-state index contributed by atoms with van der Waals surface area (Å²) in [6, 6.07) is 3.66. The molecule has 0 atom stereocenters. The summed E-state index contributed by atoms with van der Waals surface area (Å²) in [5, 5.41) is 5.99. The Labute approximate surface area is 153 Å². The molecule has 1 aromatic carbocycles. The fourth-order valence-electron chi connectivity index (χ4n) is 2.03. The van der Waals surface area contributed by atoms with Crippen LogP contribution in [0.25, 0.3) is 21.3 Å². The van der Waals surface area contributed by atoms with Crippen molar-refractivity contribution in [1.29, 1.82) is 0 Å². The number of anilines is 1. The Morgan fingerprint density at radius 2 is 2.09 bits per heavy atom. The summed E-state index contributed by atoms with van der Waals surface area (Å²) in [7, 11) is 0. The van der Waals surface area contributed by atoms with E-state index >= 15 is 0 Å². The first kappa shape index (κ1) is 16.4. The molecule has 0 saturated carbocycles. The number of amides is 2. The Morgan fingerprint density at radius 1 is 1.35 bits per heavy atom. The number of halogens is 1. The summed E-state index contributed by atoms with van der Waals surface area (Å²) in [6.07, 6.45) is 3.55. The Kier molecular flexibility index (Phi) is 4.94. The van der Waals surface area contributed by atoms with Crippen LogP contribution in [0.3, 0.4) is 0 Å². The number of benzene rings is 1. The van der Waals surface area contributed by atoms with Crippen LogP contribution in [0.15, 0.2) is 29.0 Å². The molecule has 0 aliphatic carbocycles. The van der Waals surface area contributed by atoms with Crippen LogP contribution in [0.2, 0.25) is 0 Å². The van der Waals surface area contributed by atoms with Gasteiger partial charge in [-0.2, -0.15) is 0 Å². The van der Waals surface area contributed by atoms with Crippen LogP contribution >= 0.6 is 27.3 Å². The Bertz CT molecular complexity index is 867. The van der Waals surface area contributed by atoms with Crippen LogP contribution in [0.1, 0.15) is 6.92 Å². The van der Waals surface area contributed by atoms with Gasteiger partial charge in [0, 0.05) is 0 Å². The van der Waals surface area contributed by atoms with Gasteiger partial charge in [-0.05, 0) is 6.92 Å². The summed E-state index contributed by atoms with van der Waals surface area (Å²) in [5.74, 6) is 0. The van der Waals surface area contributed by atoms with Crippen molar-refractivity contribution in [3.8, 4) is 11.1 Å². The van der Waals surface area contributed by atoms with Crippen molar-refractivity contribution >= 4 is 70.1 Å². The molecule has 0 bridgehead atoms. The molecule has 0 aliphatic rings. The van der Waals surface area contributed by atoms with E-state index in [0.29, 0.717) is 16.3 Å². The second-order valence-electron chi connectivity index (χ2n) is 4.58. The summed E-state index contributed by atoms with van der Waals surface area (Å²) < 4.78 is 2.54. The zero-order valence-electron chi connectivity index (χ0n) is 12.0. The van der Waals surface area contributed by atoms with Gasteiger partial charge in [-0.25, -0.2) is 0 Å². The predicted octanol–water partition coefficient (Wildman–Crippen LogP) is 2.45. The quantitative estimate of drug-likeness (QED) is 0.599. The zero-order chi connectivity index (χ0) is 16.4. The summed E-state index contributed by atoms with van der Waals surface area (Å²) in [4.78, 5) is 24.6. The Hall–Kier alpha value is -1.50. The Morgan fingerprint density at radius 3 is 2.78 bits per heavy atom. The monoisotopic (exact) mass is 451 g/mol. The van der Waals surface area contributed by atoms with Crippen molar-refractivity contribution < 1.29 is 4.79 Å². The number of hydrogen-bond donors (Lipinski definition) is 2. The zero-order valence-corrected chi connectivity index (χ0v) is 16.3.